The van der Waals surface area contributed by atoms with Gasteiger partial charge in [-0.15, -0.1) is 0 Å². The van der Waals surface area contributed by atoms with E-state index in [1.165, 1.54) is 0 Å². The molecule has 0 saturated heterocycles. The predicted octanol–water partition coefficient (Wildman–Crippen LogP) is 4.19. The Labute approximate surface area is 127 Å². The van der Waals surface area contributed by atoms with Crippen LogP contribution in [0.3, 0.4) is 0 Å². The molecule has 11 heteroatoms. The number of hydrogen-bond donors (Lipinski definition) is 1. The van der Waals surface area contributed by atoms with Crippen LogP contribution in [0.25, 0.3) is 5.76 Å². The predicted molar refractivity (Wildman–Crippen MR) is 60.6 cm³/mol. The molecule has 0 amide bonds. The van der Waals surface area contributed by atoms with Crippen molar-refractivity contribution < 1.29 is 49.4 Å². The van der Waals surface area contributed by atoms with E-state index in [4.69, 9.17) is 0 Å². The van der Waals surface area contributed by atoms with Crippen LogP contribution in [-0.4, -0.2) is 28.9 Å². The second kappa shape index (κ2) is 5.15. The zero-order valence-electron chi connectivity index (χ0n) is 11.1. The van der Waals surface area contributed by atoms with E-state index in [2.05, 4.69) is 0 Å². The summed E-state index contributed by atoms with van der Waals surface area (Å²) in [5.41, 5.74) is -9.47. The SMILES string of the molecule is O=C(C1=C(O)c2cc(F)cc(F)c2C1)C(F)(C(F)(F)F)C(F)(F)F. The summed E-state index contributed by atoms with van der Waals surface area (Å²) in [5.74, 6) is -7.38. The molecule has 0 atom stereocenters. The maximum atomic E-state index is 13.7. The maximum absolute atomic E-state index is 13.7. The third kappa shape index (κ3) is 2.42. The Morgan fingerprint density at radius 3 is 1.92 bits per heavy atom. The first-order valence-electron chi connectivity index (χ1n) is 5.99. The number of halogens is 9. The van der Waals surface area contributed by atoms with Crippen LogP contribution >= 0.6 is 0 Å². The first-order chi connectivity index (χ1) is 10.7. The Bertz CT molecular complexity index is 729. The smallest absolute Gasteiger partial charge is 0.439 e. The third-order valence-corrected chi connectivity index (χ3v) is 3.42. The molecule has 0 saturated carbocycles. The minimum absolute atomic E-state index is 0.246. The number of carbonyl (C=O) groups is 1. The lowest BCUT2D eigenvalue weighted by molar-refractivity contribution is -0.324. The largest absolute Gasteiger partial charge is 0.507 e. The molecule has 0 heterocycles. The van der Waals surface area contributed by atoms with Gasteiger partial charge in [0, 0.05) is 29.2 Å². The van der Waals surface area contributed by atoms with Crippen molar-refractivity contribution in [1.82, 2.24) is 0 Å². The molecule has 2 rings (SSSR count). The highest BCUT2D eigenvalue weighted by molar-refractivity contribution is 6.09. The summed E-state index contributed by atoms with van der Waals surface area (Å²) in [6, 6.07) is 0.644. The topological polar surface area (TPSA) is 37.3 Å². The Hall–Kier alpha value is -2.20. The summed E-state index contributed by atoms with van der Waals surface area (Å²) in [4.78, 5) is 11.6. The van der Waals surface area contributed by atoms with Gasteiger partial charge in [-0.2, -0.15) is 26.3 Å². The van der Waals surface area contributed by atoms with Crippen LogP contribution in [0.4, 0.5) is 39.5 Å². The molecule has 0 aliphatic heterocycles. The molecular weight excluding hydrogens is 359 g/mol. The molecule has 0 bridgehead atoms. The highest BCUT2D eigenvalue weighted by Gasteiger charge is 2.77. The summed E-state index contributed by atoms with van der Waals surface area (Å²) in [6.45, 7) is 0. The summed E-state index contributed by atoms with van der Waals surface area (Å²) < 4.78 is 116. The Morgan fingerprint density at radius 2 is 1.46 bits per heavy atom. The summed E-state index contributed by atoms with van der Waals surface area (Å²) in [5, 5.41) is 9.58. The fourth-order valence-corrected chi connectivity index (χ4v) is 2.23. The van der Waals surface area contributed by atoms with E-state index in [0.29, 0.717) is 6.07 Å². The number of fused-ring (bicyclic) bond motifs is 1. The van der Waals surface area contributed by atoms with Crippen LogP contribution in [0.5, 0.6) is 0 Å². The second-order valence-electron chi connectivity index (χ2n) is 4.90. The van der Waals surface area contributed by atoms with Crippen molar-refractivity contribution >= 4 is 11.5 Å². The molecule has 1 aromatic rings. The van der Waals surface area contributed by atoms with Crippen molar-refractivity contribution in [3.05, 3.63) is 40.5 Å². The lowest BCUT2D eigenvalue weighted by Crippen LogP contribution is -2.59. The number of ketones is 1. The van der Waals surface area contributed by atoms with Gasteiger partial charge in [-0.05, 0) is 6.07 Å². The maximum Gasteiger partial charge on any atom is 0.439 e. The van der Waals surface area contributed by atoms with Crippen LogP contribution in [0.2, 0.25) is 0 Å². The van der Waals surface area contributed by atoms with E-state index < -0.39 is 64.3 Å². The molecule has 0 radical (unpaired) electrons. The number of rotatable bonds is 2. The number of aliphatic hydroxyl groups excluding tert-OH is 1. The molecule has 0 unspecified atom stereocenters. The number of Topliss-reactive ketones (excluding diaryl/α,β-unsaturated/α-hetero) is 1. The zero-order valence-corrected chi connectivity index (χ0v) is 11.1. The Kier molecular flexibility index (Phi) is 3.89. The van der Waals surface area contributed by atoms with Gasteiger partial charge < -0.3 is 5.11 Å². The molecule has 0 spiro atoms. The molecule has 1 aliphatic rings. The number of benzene rings is 1. The Morgan fingerprint density at radius 1 is 0.958 bits per heavy atom. The molecular formula is C13H5F9O2. The number of allylic oxidation sites excluding steroid dienone is 1. The van der Waals surface area contributed by atoms with Crippen molar-refractivity contribution in [2.24, 2.45) is 0 Å². The van der Waals surface area contributed by atoms with Crippen LogP contribution in [0, 0.1) is 11.6 Å². The minimum Gasteiger partial charge on any atom is -0.507 e. The molecule has 132 valence electrons. The molecule has 0 aromatic heterocycles. The third-order valence-electron chi connectivity index (χ3n) is 3.42. The van der Waals surface area contributed by atoms with E-state index in [9.17, 15) is 49.4 Å². The summed E-state index contributed by atoms with van der Waals surface area (Å²) in [7, 11) is 0. The lowest BCUT2D eigenvalue weighted by atomic mass is 9.91. The molecule has 1 N–H and O–H groups in total. The number of hydrogen-bond acceptors (Lipinski definition) is 2. The first kappa shape index (κ1) is 18.1. The first-order valence-corrected chi connectivity index (χ1v) is 5.99. The molecule has 1 aliphatic carbocycles. The van der Waals surface area contributed by atoms with Crippen molar-refractivity contribution in [3.63, 3.8) is 0 Å². The highest BCUT2D eigenvalue weighted by Crippen LogP contribution is 2.49. The summed E-state index contributed by atoms with van der Waals surface area (Å²) >= 11 is 0. The van der Waals surface area contributed by atoms with Gasteiger partial charge in [0.2, 0.25) is 5.78 Å². The van der Waals surface area contributed by atoms with Crippen LogP contribution in [-0.2, 0) is 11.2 Å². The molecule has 2 nitrogen and oxygen atoms in total. The van der Waals surface area contributed by atoms with E-state index in [1.807, 2.05) is 0 Å². The van der Waals surface area contributed by atoms with Crippen molar-refractivity contribution in [2.45, 2.75) is 24.4 Å². The molecule has 24 heavy (non-hydrogen) atoms. The quantitative estimate of drug-likeness (QED) is 0.799. The van der Waals surface area contributed by atoms with Gasteiger partial charge in [0.05, 0.1) is 0 Å². The molecule has 0 fully saturated rings. The second-order valence-corrected chi connectivity index (χ2v) is 4.90. The number of carbonyl (C=O) groups excluding carboxylic acids is 1. The van der Waals surface area contributed by atoms with Gasteiger partial charge in [-0.1, -0.05) is 0 Å². The van der Waals surface area contributed by atoms with Gasteiger partial charge in [0.15, 0.2) is 0 Å². The number of alkyl halides is 7. The van der Waals surface area contributed by atoms with Gasteiger partial charge in [-0.3, -0.25) is 4.79 Å². The van der Waals surface area contributed by atoms with Crippen LogP contribution < -0.4 is 0 Å². The fraction of sp³-hybridized carbons (Fsp3) is 0.308. The Balaban J connectivity index is 2.61. The molecule has 1 aromatic carbocycles. The summed E-state index contributed by atoms with van der Waals surface area (Å²) in [6.07, 6.45) is -14.6. The average molecular weight is 364 g/mol. The van der Waals surface area contributed by atoms with Gasteiger partial charge in [-0.25, -0.2) is 13.2 Å². The minimum atomic E-state index is -6.67. The lowest BCUT2D eigenvalue weighted by Gasteiger charge is -2.28. The van der Waals surface area contributed by atoms with E-state index in [1.54, 1.807) is 0 Å². The standard InChI is InChI=1S/C13H5F9O2/c14-4-1-6-5(8(15)2-4)3-7(9(6)23)10(24)11(16,12(17,18)19)13(20,21)22/h1-2,23H,3H2. The average Bonchev–Trinajstić information content (AvgIpc) is 2.72. The normalized spacial score (nSPS) is 15.7. The van der Waals surface area contributed by atoms with Crippen molar-refractivity contribution in [3.8, 4) is 0 Å². The van der Waals surface area contributed by atoms with E-state index in [-0.39, 0.29) is 6.07 Å². The van der Waals surface area contributed by atoms with Crippen LogP contribution in [0.1, 0.15) is 11.1 Å². The van der Waals surface area contributed by atoms with E-state index >= 15 is 0 Å². The highest BCUT2D eigenvalue weighted by atomic mass is 19.4. The monoisotopic (exact) mass is 364 g/mol. The van der Waals surface area contributed by atoms with Gasteiger partial charge in [0.1, 0.15) is 17.4 Å². The van der Waals surface area contributed by atoms with Gasteiger partial charge >= 0.3 is 18.0 Å². The zero-order chi connectivity index (χ0) is 18.7. The number of aliphatic hydroxyl groups is 1. The fourth-order valence-electron chi connectivity index (χ4n) is 2.23. The van der Waals surface area contributed by atoms with E-state index in [0.717, 1.165) is 0 Å². The van der Waals surface area contributed by atoms with Crippen molar-refractivity contribution in [1.29, 1.82) is 0 Å². The van der Waals surface area contributed by atoms with Gasteiger partial charge in [0.25, 0.3) is 0 Å². The van der Waals surface area contributed by atoms with Crippen LogP contribution in [0.15, 0.2) is 17.7 Å². The van der Waals surface area contributed by atoms with Crippen molar-refractivity contribution in [2.75, 3.05) is 0 Å².